The third kappa shape index (κ3) is 1.05. The van der Waals surface area contributed by atoms with E-state index in [0.717, 1.165) is 4.68 Å². The number of carbonyl (C=O) groups excluding carboxylic acids is 1. The number of aryl methyl sites for hydroxylation is 1. The maximum Gasteiger partial charge on any atom is 0.235 e. The van der Waals surface area contributed by atoms with E-state index in [9.17, 15) is 4.79 Å². The lowest BCUT2D eigenvalue weighted by Gasteiger charge is -1.80. The van der Waals surface area contributed by atoms with Gasteiger partial charge in [0.15, 0.2) is 0 Å². The van der Waals surface area contributed by atoms with Gasteiger partial charge in [-0.1, -0.05) is 0 Å². The number of aromatic nitrogens is 3. The van der Waals surface area contributed by atoms with Crippen molar-refractivity contribution in [3.8, 4) is 0 Å². The van der Waals surface area contributed by atoms with Crippen molar-refractivity contribution >= 4 is 18.6 Å². The van der Waals surface area contributed by atoms with Crippen molar-refractivity contribution in [2.45, 2.75) is 6.92 Å². The van der Waals surface area contributed by atoms with Crippen LogP contribution in [0.2, 0.25) is 0 Å². The zero-order valence-corrected chi connectivity index (χ0v) is 5.60. The summed E-state index contributed by atoms with van der Waals surface area (Å²) in [5, 5.41) is 2.63. The van der Waals surface area contributed by atoms with Crippen LogP contribution in [-0.2, 0) is 4.79 Å². The third-order valence-electron chi connectivity index (χ3n) is 0.857. The van der Waals surface area contributed by atoms with Gasteiger partial charge in [0, 0.05) is 0 Å². The van der Waals surface area contributed by atoms with E-state index < -0.39 is 0 Å². The fraction of sp³-hybridized carbons (Fsp3) is 0.250. The SMILES string of the molecule is Cc1nc(=S)n(C=O)[nH]1. The highest BCUT2D eigenvalue weighted by Gasteiger charge is 1.92. The van der Waals surface area contributed by atoms with Crippen LogP contribution < -0.4 is 0 Å². The fourth-order valence-corrected chi connectivity index (χ4v) is 0.742. The molecule has 0 saturated heterocycles. The molecule has 1 aromatic heterocycles. The van der Waals surface area contributed by atoms with Crippen LogP contribution in [0.25, 0.3) is 0 Å². The second-order valence-electron chi connectivity index (χ2n) is 1.57. The van der Waals surface area contributed by atoms with Crippen LogP contribution in [0, 0.1) is 11.7 Å². The normalized spacial score (nSPS) is 9.44. The Hall–Kier alpha value is -0.970. The zero-order chi connectivity index (χ0) is 6.85. The second-order valence-corrected chi connectivity index (χ2v) is 1.93. The third-order valence-corrected chi connectivity index (χ3v) is 1.15. The average Bonchev–Trinajstić information content (AvgIpc) is 2.10. The average molecular weight is 143 g/mol. The molecule has 0 saturated carbocycles. The first-order valence-electron chi connectivity index (χ1n) is 2.34. The molecule has 4 nitrogen and oxygen atoms in total. The Labute approximate surface area is 56.5 Å². The molecule has 0 unspecified atom stereocenters. The van der Waals surface area contributed by atoms with Crippen molar-refractivity contribution in [3.63, 3.8) is 0 Å². The van der Waals surface area contributed by atoms with E-state index in [4.69, 9.17) is 0 Å². The summed E-state index contributed by atoms with van der Waals surface area (Å²) in [6.45, 7) is 1.73. The van der Waals surface area contributed by atoms with Crippen molar-refractivity contribution in [2.24, 2.45) is 0 Å². The van der Waals surface area contributed by atoms with Gasteiger partial charge in [-0.05, 0) is 19.1 Å². The van der Waals surface area contributed by atoms with Crippen molar-refractivity contribution in [3.05, 3.63) is 10.6 Å². The minimum atomic E-state index is 0.266. The Morgan fingerprint density at radius 3 is 2.78 bits per heavy atom. The molecular formula is C4H5N3OS. The van der Waals surface area contributed by atoms with E-state index in [0.29, 0.717) is 12.2 Å². The Balaban J connectivity index is 3.32. The van der Waals surface area contributed by atoms with Gasteiger partial charge in [0.05, 0.1) is 0 Å². The van der Waals surface area contributed by atoms with Crippen LogP contribution >= 0.6 is 12.2 Å². The molecule has 0 bridgehead atoms. The first-order valence-corrected chi connectivity index (χ1v) is 2.75. The summed E-state index contributed by atoms with van der Waals surface area (Å²) in [6, 6.07) is 0. The molecule has 48 valence electrons. The maximum atomic E-state index is 10.1. The van der Waals surface area contributed by atoms with Gasteiger partial charge in [-0.3, -0.25) is 9.89 Å². The van der Waals surface area contributed by atoms with Crippen LogP contribution in [0.4, 0.5) is 0 Å². The molecule has 0 radical (unpaired) electrons. The van der Waals surface area contributed by atoms with Gasteiger partial charge in [0.2, 0.25) is 11.2 Å². The number of H-pyrrole nitrogens is 1. The standard InChI is InChI=1S/C4H5N3OS/c1-3-5-4(9)7(2-8)6-3/h2H,1H3,(H,5,6,9). The number of nitrogens with one attached hydrogen (secondary N) is 1. The second kappa shape index (κ2) is 2.10. The lowest BCUT2D eigenvalue weighted by atomic mass is 10.8. The van der Waals surface area contributed by atoms with Crippen LogP contribution in [-0.4, -0.2) is 21.2 Å². The van der Waals surface area contributed by atoms with Gasteiger partial charge in [-0.15, -0.1) is 0 Å². The summed E-state index contributed by atoms with van der Waals surface area (Å²) in [5.74, 6) is 0.645. The molecule has 0 aromatic carbocycles. The zero-order valence-electron chi connectivity index (χ0n) is 4.79. The first kappa shape index (κ1) is 6.15. The van der Waals surface area contributed by atoms with E-state index in [1.807, 2.05) is 0 Å². The lowest BCUT2D eigenvalue weighted by Crippen LogP contribution is -1.95. The summed E-state index contributed by atoms with van der Waals surface area (Å²) < 4.78 is 1.41. The van der Waals surface area contributed by atoms with Gasteiger partial charge in [-0.2, -0.15) is 4.68 Å². The Bertz CT molecular complexity index is 274. The van der Waals surface area contributed by atoms with Gasteiger partial charge >= 0.3 is 0 Å². The highest BCUT2D eigenvalue weighted by molar-refractivity contribution is 7.71. The van der Waals surface area contributed by atoms with Crippen LogP contribution in [0.5, 0.6) is 0 Å². The molecule has 1 aromatic rings. The number of hydrogen-bond donors (Lipinski definition) is 1. The fourth-order valence-electron chi connectivity index (χ4n) is 0.516. The van der Waals surface area contributed by atoms with Crippen LogP contribution in [0.1, 0.15) is 5.82 Å². The molecule has 0 aliphatic rings. The molecule has 0 aliphatic heterocycles. The van der Waals surface area contributed by atoms with Crippen molar-refractivity contribution < 1.29 is 4.79 Å². The number of carbonyl (C=O) groups is 1. The summed E-state index contributed by atoms with van der Waals surface area (Å²) >= 11 is 4.66. The number of hydrogen-bond acceptors (Lipinski definition) is 3. The molecule has 1 rings (SSSR count). The highest BCUT2D eigenvalue weighted by Crippen LogP contribution is 1.85. The maximum absolute atomic E-state index is 10.1. The van der Waals surface area contributed by atoms with Crippen molar-refractivity contribution in [1.82, 2.24) is 14.8 Å². The Kier molecular flexibility index (Phi) is 1.44. The van der Waals surface area contributed by atoms with Crippen LogP contribution in [0.3, 0.4) is 0 Å². The summed E-state index contributed by atoms with van der Waals surface area (Å²) in [5.41, 5.74) is 0. The predicted octanol–water partition coefficient (Wildman–Crippen LogP) is 0.287. The molecule has 1 heterocycles. The van der Waals surface area contributed by atoms with Crippen molar-refractivity contribution in [1.29, 1.82) is 0 Å². The lowest BCUT2D eigenvalue weighted by molar-refractivity contribution is 0.539. The molecule has 9 heavy (non-hydrogen) atoms. The largest absolute Gasteiger partial charge is 0.276 e. The van der Waals surface area contributed by atoms with Gasteiger partial charge in [0.1, 0.15) is 5.82 Å². The summed E-state index contributed by atoms with van der Waals surface area (Å²) in [4.78, 5) is 13.8. The minimum Gasteiger partial charge on any atom is -0.276 e. The topological polar surface area (TPSA) is 50.7 Å². The predicted molar refractivity (Wildman–Crippen MR) is 34.3 cm³/mol. The van der Waals surface area contributed by atoms with E-state index >= 15 is 0 Å². The monoisotopic (exact) mass is 143 g/mol. The smallest absolute Gasteiger partial charge is 0.235 e. The number of rotatable bonds is 1. The molecule has 1 N–H and O–H groups in total. The highest BCUT2D eigenvalue weighted by atomic mass is 32.1. The van der Waals surface area contributed by atoms with Gasteiger partial charge in [-0.25, -0.2) is 4.98 Å². The van der Waals surface area contributed by atoms with E-state index in [-0.39, 0.29) is 4.77 Å². The molecule has 0 spiro atoms. The Morgan fingerprint density at radius 2 is 2.56 bits per heavy atom. The van der Waals surface area contributed by atoms with E-state index in [1.54, 1.807) is 6.92 Å². The molecule has 0 aliphatic carbocycles. The molecule has 5 heteroatoms. The van der Waals surface area contributed by atoms with E-state index in [1.165, 1.54) is 0 Å². The van der Waals surface area contributed by atoms with Crippen LogP contribution in [0.15, 0.2) is 0 Å². The van der Waals surface area contributed by atoms with Gasteiger partial charge in [0.25, 0.3) is 0 Å². The van der Waals surface area contributed by atoms with E-state index in [2.05, 4.69) is 22.3 Å². The summed E-state index contributed by atoms with van der Waals surface area (Å²) in [6.07, 6.45) is 0.586. The van der Waals surface area contributed by atoms with Gasteiger partial charge < -0.3 is 0 Å². The summed E-state index contributed by atoms with van der Waals surface area (Å²) in [7, 11) is 0. The number of aromatic amines is 1. The molecular weight excluding hydrogens is 138 g/mol. The van der Waals surface area contributed by atoms with Crippen molar-refractivity contribution in [2.75, 3.05) is 0 Å². The first-order chi connectivity index (χ1) is 4.24. The quantitative estimate of drug-likeness (QED) is 0.454. The minimum absolute atomic E-state index is 0.266. The molecule has 0 amide bonds. The Morgan fingerprint density at radius 1 is 1.89 bits per heavy atom. The molecule has 0 fully saturated rings. The molecule has 0 atom stereocenters. The number of nitrogens with zero attached hydrogens (tertiary/aromatic N) is 2.